The summed E-state index contributed by atoms with van der Waals surface area (Å²) in [6, 6.07) is 10.5. The number of carbonyl (C=O) groups is 1. The highest BCUT2D eigenvalue weighted by Crippen LogP contribution is 2.30. The van der Waals surface area contributed by atoms with Gasteiger partial charge in [0.1, 0.15) is 6.61 Å². The number of anilines is 1. The largest absolute Gasteiger partial charge is 0.447 e. The minimum Gasteiger partial charge on any atom is -0.447 e. The molecule has 2 heterocycles. The molecule has 0 saturated carbocycles. The van der Waals surface area contributed by atoms with Gasteiger partial charge in [-0.15, -0.1) is 0 Å². The third-order valence-electron chi connectivity index (χ3n) is 5.34. The Kier molecular flexibility index (Phi) is 6.91. The summed E-state index contributed by atoms with van der Waals surface area (Å²) in [6.45, 7) is 4.18. The second-order valence-corrected chi connectivity index (χ2v) is 7.10. The lowest BCUT2D eigenvalue weighted by Gasteiger charge is -2.40. The molecular formula is C20H28N4O3. The maximum atomic E-state index is 12.2. The molecule has 7 nitrogen and oxygen atoms in total. The van der Waals surface area contributed by atoms with Crippen LogP contribution in [0.15, 0.2) is 24.3 Å². The Morgan fingerprint density at radius 3 is 2.56 bits per heavy atom. The molecule has 0 aliphatic carbocycles. The first-order chi connectivity index (χ1) is 13.2. The molecule has 0 spiro atoms. The fraction of sp³-hybridized carbons (Fsp3) is 0.600. The molecular weight excluding hydrogens is 344 g/mol. The number of ether oxygens (including phenoxy) is 2. The first kappa shape index (κ1) is 19.5. The maximum Gasteiger partial charge on any atom is 0.409 e. The molecule has 2 bridgehead atoms. The smallest absolute Gasteiger partial charge is 0.409 e. The van der Waals surface area contributed by atoms with Gasteiger partial charge in [0, 0.05) is 51.1 Å². The number of rotatable bonds is 8. The van der Waals surface area contributed by atoms with Gasteiger partial charge >= 0.3 is 6.09 Å². The zero-order chi connectivity index (χ0) is 19.1. The van der Waals surface area contributed by atoms with Crippen LogP contribution in [0.3, 0.4) is 0 Å². The molecule has 2 atom stereocenters. The van der Waals surface area contributed by atoms with Crippen molar-refractivity contribution in [2.75, 3.05) is 51.8 Å². The number of nitrogens with zero attached hydrogens (tertiary/aromatic N) is 3. The summed E-state index contributed by atoms with van der Waals surface area (Å²) in [5, 5.41) is 12.2. The monoisotopic (exact) mass is 372 g/mol. The van der Waals surface area contributed by atoms with Crippen LogP contribution in [0.5, 0.6) is 0 Å². The Morgan fingerprint density at radius 2 is 1.93 bits per heavy atom. The normalized spacial score (nSPS) is 21.7. The zero-order valence-electron chi connectivity index (χ0n) is 15.9. The van der Waals surface area contributed by atoms with Crippen molar-refractivity contribution in [1.29, 1.82) is 5.26 Å². The van der Waals surface area contributed by atoms with Crippen LogP contribution < -0.4 is 5.32 Å². The maximum absolute atomic E-state index is 12.2. The van der Waals surface area contributed by atoms with Crippen molar-refractivity contribution in [3.63, 3.8) is 0 Å². The number of nitriles is 1. The van der Waals surface area contributed by atoms with E-state index in [1.54, 1.807) is 7.11 Å². The topological polar surface area (TPSA) is 77.8 Å². The summed E-state index contributed by atoms with van der Waals surface area (Å²) >= 11 is 0. The van der Waals surface area contributed by atoms with Gasteiger partial charge in [0.2, 0.25) is 0 Å². The minimum atomic E-state index is -0.217. The van der Waals surface area contributed by atoms with Gasteiger partial charge in [-0.05, 0) is 43.5 Å². The Labute approximate surface area is 160 Å². The zero-order valence-corrected chi connectivity index (χ0v) is 15.9. The van der Waals surface area contributed by atoms with Crippen molar-refractivity contribution in [2.45, 2.75) is 31.3 Å². The summed E-state index contributed by atoms with van der Waals surface area (Å²) in [4.78, 5) is 16.6. The van der Waals surface area contributed by atoms with Crippen LogP contribution in [0.2, 0.25) is 0 Å². The van der Waals surface area contributed by atoms with E-state index in [4.69, 9.17) is 14.7 Å². The van der Waals surface area contributed by atoms with Crippen molar-refractivity contribution in [2.24, 2.45) is 0 Å². The van der Waals surface area contributed by atoms with Gasteiger partial charge in [0.05, 0.1) is 18.2 Å². The van der Waals surface area contributed by atoms with Crippen molar-refractivity contribution >= 4 is 11.8 Å². The predicted molar refractivity (Wildman–Crippen MR) is 103 cm³/mol. The number of hydrogen-bond acceptors (Lipinski definition) is 6. The van der Waals surface area contributed by atoms with Gasteiger partial charge < -0.3 is 19.7 Å². The van der Waals surface area contributed by atoms with Crippen LogP contribution in [-0.4, -0.2) is 74.5 Å². The number of carbonyl (C=O) groups excluding carboxylic acids is 1. The van der Waals surface area contributed by atoms with Crippen LogP contribution in [0.1, 0.15) is 24.8 Å². The van der Waals surface area contributed by atoms with Gasteiger partial charge in [0.25, 0.3) is 0 Å². The van der Waals surface area contributed by atoms with Gasteiger partial charge in [-0.3, -0.25) is 4.90 Å². The van der Waals surface area contributed by atoms with E-state index in [-0.39, 0.29) is 6.09 Å². The predicted octanol–water partition coefficient (Wildman–Crippen LogP) is 2.29. The molecule has 1 aromatic rings. The highest BCUT2D eigenvalue weighted by Gasteiger charge is 2.41. The lowest BCUT2D eigenvalue weighted by Crippen LogP contribution is -2.55. The molecule has 2 aliphatic heterocycles. The minimum absolute atomic E-state index is 0.217. The number of hydrogen-bond donors (Lipinski definition) is 1. The molecule has 0 aromatic heterocycles. The highest BCUT2D eigenvalue weighted by molar-refractivity contribution is 5.68. The van der Waals surface area contributed by atoms with E-state index in [1.165, 1.54) is 0 Å². The van der Waals surface area contributed by atoms with E-state index >= 15 is 0 Å². The molecule has 27 heavy (non-hydrogen) atoms. The van der Waals surface area contributed by atoms with Crippen LogP contribution in [0, 0.1) is 11.3 Å². The number of methoxy groups -OCH3 is 1. The fourth-order valence-corrected chi connectivity index (χ4v) is 3.97. The number of fused-ring (bicyclic) bond motifs is 2. The van der Waals surface area contributed by atoms with E-state index < -0.39 is 0 Å². The van der Waals surface area contributed by atoms with Crippen molar-refractivity contribution in [1.82, 2.24) is 9.80 Å². The van der Waals surface area contributed by atoms with Crippen molar-refractivity contribution in [3.05, 3.63) is 29.8 Å². The molecule has 7 heteroatoms. The Morgan fingerprint density at radius 1 is 1.22 bits per heavy atom. The molecule has 2 saturated heterocycles. The Balaban J connectivity index is 1.39. The van der Waals surface area contributed by atoms with Crippen molar-refractivity contribution < 1.29 is 14.3 Å². The number of benzene rings is 1. The summed E-state index contributed by atoms with van der Waals surface area (Å²) in [7, 11) is 1.60. The number of piperazine rings is 1. The first-order valence-corrected chi connectivity index (χ1v) is 9.61. The number of amides is 1. The summed E-state index contributed by atoms with van der Waals surface area (Å²) in [6.07, 6.45) is 3.13. The molecule has 146 valence electrons. The average Bonchev–Trinajstić information content (AvgIpc) is 2.92. The van der Waals surface area contributed by atoms with Gasteiger partial charge in [-0.1, -0.05) is 0 Å². The third-order valence-corrected chi connectivity index (χ3v) is 5.34. The molecule has 1 amide bonds. The molecule has 2 aliphatic rings. The molecule has 2 fully saturated rings. The lowest BCUT2D eigenvalue weighted by molar-refractivity contribution is 0.0347. The number of nitrogens with one attached hydrogen (secondary N) is 1. The van der Waals surface area contributed by atoms with E-state index in [1.807, 2.05) is 29.2 Å². The van der Waals surface area contributed by atoms with Crippen LogP contribution >= 0.6 is 0 Å². The number of likely N-dealkylation sites (tertiary alicyclic amines) is 1. The van der Waals surface area contributed by atoms with Crippen molar-refractivity contribution in [3.8, 4) is 6.07 Å². The molecule has 3 rings (SSSR count). The quantitative estimate of drug-likeness (QED) is 0.706. The fourth-order valence-electron chi connectivity index (χ4n) is 3.97. The van der Waals surface area contributed by atoms with E-state index in [9.17, 15) is 4.79 Å². The lowest BCUT2D eigenvalue weighted by atomic mass is 10.2. The summed E-state index contributed by atoms with van der Waals surface area (Å²) in [5.74, 6) is 0. The van der Waals surface area contributed by atoms with Gasteiger partial charge in [0.15, 0.2) is 0 Å². The van der Waals surface area contributed by atoms with Crippen LogP contribution in [-0.2, 0) is 9.47 Å². The average molecular weight is 372 g/mol. The molecule has 2 unspecified atom stereocenters. The third kappa shape index (κ3) is 5.12. The molecule has 1 aromatic carbocycles. The second-order valence-electron chi connectivity index (χ2n) is 7.10. The summed E-state index contributed by atoms with van der Waals surface area (Å²) < 4.78 is 10.2. The standard InChI is InChI=1S/C20H28N4O3/c1-26-11-12-27-20(25)23-14-18-7-8-19(15-23)24(18)10-2-9-22-17-5-3-16(13-21)4-6-17/h3-6,18-19,22H,2,7-12,14-15H2,1H3. The second kappa shape index (κ2) is 9.58. The highest BCUT2D eigenvalue weighted by atomic mass is 16.6. The van der Waals surface area contributed by atoms with Gasteiger partial charge in [-0.25, -0.2) is 4.79 Å². The Hall–Kier alpha value is -2.30. The molecule has 1 N–H and O–H groups in total. The Bertz CT molecular complexity index is 644. The van der Waals surface area contributed by atoms with Crippen LogP contribution in [0.4, 0.5) is 10.5 Å². The van der Waals surface area contributed by atoms with Crippen LogP contribution in [0.25, 0.3) is 0 Å². The van der Waals surface area contributed by atoms with E-state index in [0.29, 0.717) is 30.9 Å². The summed E-state index contributed by atoms with van der Waals surface area (Å²) in [5.41, 5.74) is 1.72. The van der Waals surface area contributed by atoms with E-state index in [2.05, 4.69) is 16.3 Å². The molecule has 0 radical (unpaired) electrons. The SMILES string of the molecule is COCCOC(=O)N1CC2CCC(C1)N2CCCNc1ccc(C#N)cc1. The van der Waals surface area contributed by atoms with Gasteiger partial charge in [-0.2, -0.15) is 5.26 Å². The van der Waals surface area contributed by atoms with E-state index in [0.717, 1.165) is 51.1 Å². The first-order valence-electron chi connectivity index (χ1n) is 9.61.